The first-order valence-electron chi connectivity index (χ1n) is 5.01. The summed E-state index contributed by atoms with van der Waals surface area (Å²) in [6, 6.07) is 9.23. The number of pyridine rings is 1. The topological polar surface area (TPSA) is 42.3 Å². The Morgan fingerprint density at radius 1 is 1.29 bits per heavy atom. The summed E-state index contributed by atoms with van der Waals surface area (Å²) in [6.07, 6.45) is 3.04. The lowest BCUT2D eigenvalue weighted by atomic mass is 10.1. The maximum atomic E-state index is 10.1. The van der Waals surface area contributed by atoms with Gasteiger partial charge in [0.15, 0.2) is 0 Å². The molecule has 0 aliphatic rings. The molecule has 2 rings (SSSR count). The largest absolute Gasteiger partial charge is 0.254 e. The number of aryl methyl sites for hydroxylation is 1. The zero-order valence-electron chi connectivity index (χ0n) is 9.14. The number of nitrogens with zero attached hydrogens (tertiary/aromatic N) is 2. The smallest absolute Gasteiger partial charge is 0.240 e. The fraction of sp³-hybridized carbons (Fsp3) is 0.0769. The first kappa shape index (κ1) is 11.5. The molecule has 84 valence electrons. The Bertz CT molecular complexity index is 587. The Balaban J connectivity index is 2.46. The van der Waals surface area contributed by atoms with Gasteiger partial charge in [0.25, 0.3) is 0 Å². The van der Waals surface area contributed by atoms with Gasteiger partial charge >= 0.3 is 0 Å². The molecule has 0 bridgehead atoms. The second kappa shape index (κ2) is 4.91. The summed E-state index contributed by atoms with van der Waals surface area (Å²) < 4.78 is 0. The number of aliphatic imine (C=N–C) groups is 1. The van der Waals surface area contributed by atoms with Gasteiger partial charge in [-0.15, -0.1) is 0 Å². The molecule has 3 nitrogen and oxygen atoms in total. The SMILES string of the molecule is Cc1cc(N=C=O)cnc1-c1ccc(Cl)cc1. The van der Waals surface area contributed by atoms with Crippen LogP contribution in [0.3, 0.4) is 0 Å². The minimum absolute atomic E-state index is 0.509. The summed E-state index contributed by atoms with van der Waals surface area (Å²) in [5, 5.41) is 0.688. The predicted molar refractivity (Wildman–Crippen MR) is 67.2 cm³/mol. The molecule has 0 radical (unpaired) electrons. The second-order valence-corrected chi connectivity index (χ2v) is 4.01. The van der Waals surface area contributed by atoms with E-state index in [0.29, 0.717) is 10.7 Å². The van der Waals surface area contributed by atoms with Gasteiger partial charge in [-0.2, -0.15) is 4.99 Å². The van der Waals surface area contributed by atoms with Crippen molar-refractivity contribution in [3.63, 3.8) is 0 Å². The van der Waals surface area contributed by atoms with Crippen molar-refractivity contribution in [2.75, 3.05) is 0 Å². The van der Waals surface area contributed by atoms with E-state index >= 15 is 0 Å². The average molecular weight is 245 g/mol. The second-order valence-electron chi connectivity index (χ2n) is 3.57. The fourth-order valence-electron chi connectivity index (χ4n) is 1.58. The maximum Gasteiger partial charge on any atom is 0.240 e. The Morgan fingerprint density at radius 2 is 2.00 bits per heavy atom. The lowest BCUT2D eigenvalue weighted by Crippen LogP contribution is -1.87. The van der Waals surface area contributed by atoms with Crippen molar-refractivity contribution in [2.24, 2.45) is 4.99 Å². The van der Waals surface area contributed by atoms with Gasteiger partial charge in [0, 0.05) is 10.6 Å². The summed E-state index contributed by atoms with van der Waals surface area (Å²) in [5.41, 5.74) is 3.29. The number of halogens is 1. The Hall–Kier alpha value is -1.96. The van der Waals surface area contributed by atoms with Crippen LogP contribution in [-0.2, 0) is 4.79 Å². The number of carbonyl (C=O) groups excluding carboxylic acids is 1. The summed E-state index contributed by atoms with van der Waals surface area (Å²) in [5.74, 6) is 0. The summed E-state index contributed by atoms with van der Waals surface area (Å²) in [6.45, 7) is 1.92. The van der Waals surface area contributed by atoms with Crippen LogP contribution in [0.25, 0.3) is 11.3 Å². The summed E-state index contributed by atoms with van der Waals surface area (Å²) in [4.78, 5) is 18.0. The number of benzene rings is 1. The molecular formula is C13H9ClN2O. The third-order valence-corrected chi connectivity index (χ3v) is 2.61. The Morgan fingerprint density at radius 3 is 2.59 bits per heavy atom. The first-order chi connectivity index (χ1) is 8.20. The molecule has 1 aromatic heterocycles. The number of hydrogen-bond acceptors (Lipinski definition) is 3. The highest BCUT2D eigenvalue weighted by molar-refractivity contribution is 6.30. The number of isocyanates is 1. The van der Waals surface area contributed by atoms with E-state index in [0.717, 1.165) is 16.8 Å². The van der Waals surface area contributed by atoms with Gasteiger partial charge in [0.1, 0.15) is 0 Å². The Kier molecular flexibility index (Phi) is 3.33. The zero-order valence-corrected chi connectivity index (χ0v) is 9.90. The number of rotatable bonds is 2. The monoisotopic (exact) mass is 244 g/mol. The molecule has 4 heteroatoms. The normalized spacial score (nSPS) is 9.76. The van der Waals surface area contributed by atoms with Gasteiger partial charge in [-0.1, -0.05) is 23.7 Å². The highest BCUT2D eigenvalue weighted by atomic mass is 35.5. The molecule has 0 aliphatic carbocycles. The van der Waals surface area contributed by atoms with E-state index in [9.17, 15) is 4.79 Å². The van der Waals surface area contributed by atoms with Crippen molar-refractivity contribution in [2.45, 2.75) is 6.92 Å². The van der Waals surface area contributed by atoms with Crippen LogP contribution in [0.1, 0.15) is 5.56 Å². The molecule has 0 amide bonds. The highest BCUT2D eigenvalue weighted by Crippen LogP contribution is 2.25. The molecule has 0 N–H and O–H groups in total. The van der Waals surface area contributed by atoms with Gasteiger partial charge < -0.3 is 0 Å². The minimum atomic E-state index is 0.509. The van der Waals surface area contributed by atoms with Gasteiger partial charge in [-0.05, 0) is 30.7 Å². The Labute approximate surface area is 104 Å². The molecule has 2 aromatic rings. The van der Waals surface area contributed by atoms with E-state index in [1.54, 1.807) is 12.3 Å². The van der Waals surface area contributed by atoms with Crippen molar-refractivity contribution in [3.05, 3.63) is 47.1 Å². The van der Waals surface area contributed by atoms with Crippen LogP contribution in [0.2, 0.25) is 5.02 Å². The first-order valence-corrected chi connectivity index (χ1v) is 5.39. The molecule has 0 saturated carbocycles. The number of hydrogen-bond donors (Lipinski definition) is 0. The third kappa shape index (κ3) is 2.59. The lowest BCUT2D eigenvalue weighted by Gasteiger charge is -2.05. The molecule has 0 aliphatic heterocycles. The van der Waals surface area contributed by atoms with Crippen molar-refractivity contribution < 1.29 is 4.79 Å². The molecule has 17 heavy (non-hydrogen) atoms. The molecule has 0 spiro atoms. The lowest BCUT2D eigenvalue weighted by molar-refractivity contribution is 0.565. The van der Waals surface area contributed by atoms with Gasteiger partial charge in [-0.3, -0.25) is 4.98 Å². The van der Waals surface area contributed by atoms with Gasteiger partial charge in [0.2, 0.25) is 6.08 Å². The minimum Gasteiger partial charge on any atom is -0.254 e. The van der Waals surface area contributed by atoms with Crippen LogP contribution >= 0.6 is 11.6 Å². The van der Waals surface area contributed by atoms with Crippen molar-refractivity contribution in [1.82, 2.24) is 4.98 Å². The van der Waals surface area contributed by atoms with Crippen molar-refractivity contribution >= 4 is 23.4 Å². The van der Waals surface area contributed by atoms with E-state index in [1.165, 1.54) is 6.08 Å². The summed E-state index contributed by atoms with van der Waals surface area (Å²) in [7, 11) is 0. The molecule has 0 atom stereocenters. The van der Waals surface area contributed by atoms with Crippen LogP contribution in [-0.4, -0.2) is 11.1 Å². The van der Waals surface area contributed by atoms with Gasteiger partial charge in [-0.25, -0.2) is 4.79 Å². The zero-order chi connectivity index (χ0) is 12.3. The van der Waals surface area contributed by atoms with Crippen molar-refractivity contribution in [3.8, 4) is 11.3 Å². The molecule has 0 unspecified atom stereocenters. The van der Waals surface area contributed by atoms with Crippen LogP contribution in [0.4, 0.5) is 5.69 Å². The predicted octanol–water partition coefficient (Wildman–Crippen LogP) is 3.68. The van der Waals surface area contributed by atoms with Crippen LogP contribution in [0.5, 0.6) is 0 Å². The van der Waals surface area contributed by atoms with E-state index < -0.39 is 0 Å². The molecule has 0 fully saturated rings. The van der Waals surface area contributed by atoms with Crippen LogP contribution in [0, 0.1) is 6.92 Å². The molecule has 1 heterocycles. The molecule has 0 saturated heterocycles. The molecular weight excluding hydrogens is 236 g/mol. The van der Waals surface area contributed by atoms with E-state index in [4.69, 9.17) is 11.6 Å². The van der Waals surface area contributed by atoms with E-state index in [-0.39, 0.29) is 0 Å². The standard InChI is InChI=1S/C13H9ClN2O/c1-9-6-12(16-8-17)7-15-13(9)10-2-4-11(14)5-3-10/h2-7H,1H3. The third-order valence-electron chi connectivity index (χ3n) is 2.36. The maximum absolute atomic E-state index is 10.1. The van der Waals surface area contributed by atoms with Crippen LogP contribution < -0.4 is 0 Å². The van der Waals surface area contributed by atoms with Crippen LogP contribution in [0.15, 0.2) is 41.5 Å². The van der Waals surface area contributed by atoms with E-state index in [1.807, 2.05) is 31.2 Å². The van der Waals surface area contributed by atoms with E-state index in [2.05, 4.69) is 9.98 Å². The van der Waals surface area contributed by atoms with Gasteiger partial charge in [0.05, 0.1) is 17.6 Å². The highest BCUT2D eigenvalue weighted by Gasteiger charge is 2.04. The summed E-state index contributed by atoms with van der Waals surface area (Å²) >= 11 is 5.83. The quantitative estimate of drug-likeness (QED) is 0.597. The molecule has 1 aromatic carbocycles. The average Bonchev–Trinajstić information content (AvgIpc) is 2.31. The fourth-order valence-corrected chi connectivity index (χ4v) is 1.71. The van der Waals surface area contributed by atoms with Crippen molar-refractivity contribution in [1.29, 1.82) is 0 Å². The number of aromatic nitrogens is 1.